The Morgan fingerprint density at radius 2 is 2.17 bits per heavy atom. The minimum Gasteiger partial charge on any atom is -0.493 e. The van der Waals surface area contributed by atoms with Gasteiger partial charge in [-0.2, -0.15) is 0 Å². The Balaban J connectivity index is 1.50. The molecule has 3 aliphatic rings. The van der Waals surface area contributed by atoms with Gasteiger partial charge in [0.05, 0.1) is 47.1 Å². The van der Waals surface area contributed by atoms with Gasteiger partial charge in [-0.3, -0.25) is 9.78 Å². The molecule has 1 saturated heterocycles. The highest BCUT2D eigenvalue weighted by atomic mass is 35.5. The number of nitrogens with zero attached hydrogens (tertiary/aromatic N) is 1. The van der Waals surface area contributed by atoms with Crippen molar-refractivity contribution in [1.82, 2.24) is 15.3 Å². The lowest BCUT2D eigenvalue weighted by Crippen LogP contribution is -2.50. The molecule has 0 radical (unpaired) electrons. The third-order valence-corrected chi connectivity index (χ3v) is 7.66. The van der Waals surface area contributed by atoms with E-state index in [9.17, 15) is 4.79 Å². The van der Waals surface area contributed by atoms with Gasteiger partial charge in [-0.15, -0.1) is 0 Å². The number of H-pyrrole nitrogens is 1. The predicted octanol–water partition coefficient (Wildman–Crippen LogP) is 4.82. The Hall–Kier alpha value is -3.23. The van der Waals surface area contributed by atoms with E-state index < -0.39 is 0 Å². The molecule has 1 atom stereocenters. The fourth-order valence-electron chi connectivity index (χ4n) is 5.16. The van der Waals surface area contributed by atoms with Gasteiger partial charge >= 0.3 is 0 Å². The van der Waals surface area contributed by atoms with Crippen molar-refractivity contribution in [1.29, 1.82) is 0 Å². The standard InChI is InChI=1S/C26H27ClN4O4/c1-33-23-17(27)4-2-5-18(23)30-22-20-24(26(8-3-9-26)14-29-25(20)32)31-21(22)16-6-10-28-12-19(16)35-13-15-7-11-34-15/h2,4-6,10,12,15,30-31H,3,7-9,11,13-14H2,1H3,(H,29,32). The summed E-state index contributed by atoms with van der Waals surface area (Å²) in [5.74, 6) is 1.03. The zero-order valence-corrected chi connectivity index (χ0v) is 20.2. The van der Waals surface area contributed by atoms with Crippen LogP contribution in [-0.2, 0) is 10.2 Å². The van der Waals surface area contributed by atoms with Gasteiger partial charge in [0.25, 0.3) is 5.91 Å². The van der Waals surface area contributed by atoms with Crippen LogP contribution in [0.5, 0.6) is 11.5 Å². The first-order valence-corrected chi connectivity index (χ1v) is 12.3. The summed E-state index contributed by atoms with van der Waals surface area (Å²) in [7, 11) is 1.58. The van der Waals surface area contributed by atoms with Crippen LogP contribution >= 0.6 is 11.6 Å². The van der Waals surface area contributed by atoms with Gasteiger partial charge in [-0.05, 0) is 31.0 Å². The molecule has 0 bridgehead atoms. The molecular formula is C26H27ClN4O4. The Labute approximate surface area is 208 Å². The van der Waals surface area contributed by atoms with E-state index in [4.69, 9.17) is 25.8 Å². The average Bonchev–Trinajstić information content (AvgIpc) is 3.18. The van der Waals surface area contributed by atoms with Crippen LogP contribution in [0.3, 0.4) is 0 Å². The molecule has 9 heteroatoms. The summed E-state index contributed by atoms with van der Waals surface area (Å²) in [6.45, 7) is 1.86. The number of methoxy groups -OCH3 is 1. The van der Waals surface area contributed by atoms with Crippen LogP contribution in [0.2, 0.25) is 5.02 Å². The molecule has 1 unspecified atom stereocenters. The van der Waals surface area contributed by atoms with E-state index in [1.54, 1.807) is 25.6 Å². The lowest BCUT2D eigenvalue weighted by atomic mass is 9.64. The van der Waals surface area contributed by atoms with Gasteiger partial charge in [-0.1, -0.05) is 24.1 Å². The molecule has 2 aliphatic heterocycles. The first-order chi connectivity index (χ1) is 17.1. The van der Waals surface area contributed by atoms with E-state index in [0.29, 0.717) is 46.6 Å². The third-order valence-electron chi connectivity index (χ3n) is 7.36. The summed E-state index contributed by atoms with van der Waals surface area (Å²) in [5, 5.41) is 7.07. The number of pyridine rings is 1. The molecule has 3 N–H and O–H groups in total. The number of para-hydroxylation sites is 1. The zero-order chi connectivity index (χ0) is 24.0. The van der Waals surface area contributed by atoms with E-state index in [1.807, 2.05) is 18.2 Å². The summed E-state index contributed by atoms with van der Waals surface area (Å²) in [6, 6.07) is 7.40. The predicted molar refractivity (Wildman–Crippen MR) is 133 cm³/mol. The summed E-state index contributed by atoms with van der Waals surface area (Å²) in [6.07, 6.45) is 7.70. The van der Waals surface area contributed by atoms with E-state index in [0.717, 1.165) is 49.2 Å². The molecule has 1 aliphatic carbocycles. The number of carbonyl (C=O) groups is 1. The second-order valence-corrected chi connectivity index (χ2v) is 9.76. The highest BCUT2D eigenvalue weighted by Gasteiger charge is 2.47. The van der Waals surface area contributed by atoms with Crippen molar-refractivity contribution >= 4 is 28.9 Å². The normalized spacial score (nSPS) is 19.8. The molecule has 2 aromatic heterocycles. The number of hydrogen-bond donors (Lipinski definition) is 3. The monoisotopic (exact) mass is 494 g/mol. The number of halogens is 1. The highest BCUT2D eigenvalue weighted by molar-refractivity contribution is 6.32. The smallest absolute Gasteiger partial charge is 0.255 e. The maximum atomic E-state index is 13.2. The van der Waals surface area contributed by atoms with Crippen molar-refractivity contribution < 1.29 is 19.0 Å². The Morgan fingerprint density at radius 3 is 2.89 bits per heavy atom. The van der Waals surface area contributed by atoms with Crippen molar-refractivity contribution in [2.24, 2.45) is 0 Å². The van der Waals surface area contributed by atoms with Gasteiger partial charge in [0.15, 0.2) is 5.75 Å². The van der Waals surface area contributed by atoms with Gasteiger partial charge in [0.1, 0.15) is 12.4 Å². The summed E-state index contributed by atoms with van der Waals surface area (Å²) < 4.78 is 17.2. The van der Waals surface area contributed by atoms with E-state index in [1.165, 1.54) is 0 Å². The third kappa shape index (κ3) is 3.72. The zero-order valence-electron chi connectivity index (χ0n) is 19.4. The van der Waals surface area contributed by atoms with Gasteiger partial charge in [0.2, 0.25) is 0 Å². The largest absolute Gasteiger partial charge is 0.493 e. The van der Waals surface area contributed by atoms with Gasteiger partial charge < -0.3 is 29.8 Å². The molecule has 1 amide bonds. The topological polar surface area (TPSA) is 97.5 Å². The lowest BCUT2D eigenvalue weighted by molar-refractivity contribution is -0.0720. The molecule has 4 heterocycles. The van der Waals surface area contributed by atoms with E-state index >= 15 is 0 Å². The summed E-state index contributed by atoms with van der Waals surface area (Å²) in [4.78, 5) is 21.2. The van der Waals surface area contributed by atoms with Crippen LogP contribution < -0.4 is 20.1 Å². The Bertz CT molecular complexity index is 1280. The number of ether oxygens (including phenoxy) is 3. The van der Waals surface area contributed by atoms with Crippen molar-refractivity contribution in [2.45, 2.75) is 37.2 Å². The second kappa shape index (κ2) is 8.77. The fourth-order valence-corrected chi connectivity index (χ4v) is 5.41. The number of nitrogens with one attached hydrogen (secondary N) is 3. The Morgan fingerprint density at radius 1 is 1.31 bits per heavy atom. The van der Waals surface area contributed by atoms with Crippen LogP contribution in [0.4, 0.5) is 11.4 Å². The van der Waals surface area contributed by atoms with Crippen molar-refractivity contribution in [2.75, 3.05) is 32.2 Å². The quantitative estimate of drug-likeness (QED) is 0.436. The first-order valence-electron chi connectivity index (χ1n) is 11.9. The molecule has 3 aromatic rings. The maximum absolute atomic E-state index is 13.2. The molecule has 1 spiro atoms. The maximum Gasteiger partial charge on any atom is 0.255 e. The van der Waals surface area contributed by atoms with E-state index in [2.05, 4.69) is 20.6 Å². The fraction of sp³-hybridized carbons (Fsp3) is 0.385. The number of benzene rings is 1. The molecule has 6 rings (SSSR count). The molecule has 1 aromatic carbocycles. The van der Waals surface area contributed by atoms with Crippen LogP contribution in [0.1, 0.15) is 41.7 Å². The number of aromatic nitrogens is 2. The summed E-state index contributed by atoms with van der Waals surface area (Å²) in [5.41, 5.74) is 4.44. The molecule has 1 saturated carbocycles. The van der Waals surface area contributed by atoms with Crippen molar-refractivity contribution in [3.63, 3.8) is 0 Å². The average molecular weight is 495 g/mol. The highest BCUT2D eigenvalue weighted by Crippen LogP contribution is 2.51. The van der Waals surface area contributed by atoms with Crippen molar-refractivity contribution in [3.05, 3.63) is 52.9 Å². The second-order valence-electron chi connectivity index (χ2n) is 9.35. The van der Waals surface area contributed by atoms with Crippen LogP contribution in [-0.4, -0.2) is 48.8 Å². The molecule has 35 heavy (non-hydrogen) atoms. The summed E-state index contributed by atoms with van der Waals surface area (Å²) >= 11 is 6.40. The molecule has 182 valence electrons. The van der Waals surface area contributed by atoms with Crippen molar-refractivity contribution in [3.8, 4) is 22.8 Å². The number of rotatable bonds is 7. The number of amides is 1. The minimum absolute atomic E-state index is 0.0792. The van der Waals surface area contributed by atoms with Crippen LogP contribution in [0.15, 0.2) is 36.7 Å². The lowest BCUT2D eigenvalue weighted by Gasteiger charge is -2.44. The van der Waals surface area contributed by atoms with E-state index in [-0.39, 0.29) is 17.4 Å². The van der Waals surface area contributed by atoms with Crippen LogP contribution in [0, 0.1) is 0 Å². The van der Waals surface area contributed by atoms with Crippen LogP contribution in [0.25, 0.3) is 11.3 Å². The SMILES string of the molecule is COc1c(Cl)cccc1Nc1c(-c2ccncc2OCC2CCO2)[nH]c2c1C(=O)NCC21CCC1. The molecule has 2 fully saturated rings. The first kappa shape index (κ1) is 22.2. The Kier molecular flexibility index (Phi) is 5.57. The molecule has 8 nitrogen and oxygen atoms in total. The number of carbonyl (C=O) groups excluding carboxylic acids is 1. The van der Waals surface area contributed by atoms with Gasteiger partial charge in [0, 0.05) is 42.4 Å². The molecular weight excluding hydrogens is 468 g/mol. The number of fused-ring (bicyclic) bond motifs is 2. The van der Waals surface area contributed by atoms with Gasteiger partial charge in [-0.25, -0.2) is 0 Å². The number of anilines is 2. The number of aromatic amines is 1. The number of hydrogen-bond acceptors (Lipinski definition) is 6. The minimum atomic E-state index is -0.108.